The summed E-state index contributed by atoms with van der Waals surface area (Å²) in [6.45, 7) is 3.79. The second-order valence-electron chi connectivity index (χ2n) is 4.36. The van der Waals surface area contributed by atoms with Crippen molar-refractivity contribution in [3.05, 3.63) is 23.8 Å². The number of hydrogen-bond donors (Lipinski definition) is 2. The highest BCUT2D eigenvalue weighted by Crippen LogP contribution is 2.26. The van der Waals surface area contributed by atoms with Gasteiger partial charge in [0.15, 0.2) is 0 Å². The zero-order chi connectivity index (χ0) is 14.6. The summed E-state index contributed by atoms with van der Waals surface area (Å²) >= 11 is 3.27. The highest BCUT2D eigenvalue weighted by atomic mass is 79.9. The van der Waals surface area contributed by atoms with E-state index < -0.39 is 5.97 Å². The first-order valence-corrected chi connectivity index (χ1v) is 6.64. The van der Waals surface area contributed by atoms with Crippen LogP contribution in [0.25, 0.3) is 0 Å². The van der Waals surface area contributed by atoms with Gasteiger partial charge in [-0.25, -0.2) is 4.79 Å². The van der Waals surface area contributed by atoms with Gasteiger partial charge in [-0.3, -0.25) is 4.79 Å². The van der Waals surface area contributed by atoms with Crippen LogP contribution in [0.5, 0.6) is 5.75 Å². The molecule has 1 amide bonds. The van der Waals surface area contributed by atoms with Gasteiger partial charge in [-0.2, -0.15) is 0 Å². The number of methoxy groups -OCH3 is 1. The van der Waals surface area contributed by atoms with Crippen LogP contribution in [0.3, 0.4) is 0 Å². The maximum atomic E-state index is 11.9. The van der Waals surface area contributed by atoms with Gasteiger partial charge in [0.25, 0.3) is 0 Å². The minimum absolute atomic E-state index is 0.103. The Bertz CT molecular complexity index is 488. The average Bonchev–Trinajstić information content (AvgIpc) is 2.39. The lowest BCUT2D eigenvalue weighted by molar-refractivity contribution is -0.116. The Morgan fingerprint density at radius 3 is 2.53 bits per heavy atom. The van der Waals surface area contributed by atoms with E-state index in [1.165, 1.54) is 25.3 Å². The molecule has 0 aromatic heterocycles. The van der Waals surface area contributed by atoms with Crippen LogP contribution in [0, 0.1) is 5.92 Å². The van der Waals surface area contributed by atoms with Crippen molar-refractivity contribution in [2.24, 2.45) is 5.92 Å². The lowest BCUT2D eigenvalue weighted by atomic mass is 10.1. The Kier molecular flexibility index (Phi) is 5.35. The highest BCUT2D eigenvalue weighted by molar-refractivity contribution is 9.10. The van der Waals surface area contributed by atoms with E-state index in [0.29, 0.717) is 0 Å². The number of halogens is 1. The SMILES string of the molecule is COC(=O)c1ccc(O)c(NC(=O)C(Br)C(C)C)c1. The molecule has 1 atom stereocenters. The second-order valence-corrected chi connectivity index (χ2v) is 5.35. The van der Waals surface area contributed by atoms with E-state index in [-0.39, 0.29) is 33.7 Å². The number of carbonyl (C=O) groups is 2. The standard InChI is InChI=1S/C13H16BrNO4/c1-7(2)11(14)12(17)15-9-6-8(13(18)19-3)4-5-10(9)16/h4-7,11,16H,1-3H3,(H,15,17). The van der Waals surface area contributed by atoms with Gasteiger partial charge in [0.2, 0.25) is 5.91 Å². The molecule has 0 spiro atoms. The summed E-state index contributed by atoms with van der Waals surface area (Å²) < 4.78 is 4.58. The summed E-state index contributed by atoms with van der Waals surface area (Å²) in [5, 5.41) is 12.2. The number of nitrogens with one attached hydrogen (secondary N) is 1. The van der Waals surface area contributed by atoms with Gasteiger partial charge in [-0.05, 0) is 24.1 Å². The first kappa shape index (κ1) is 15.5. The molecule has 0 aliphatic carbocycles. The van der Waals surface area contributed by atoms with Gasteiger partial charge in [0.1, 0.15) is 5.75 Å². The topological polar surface area (TPSA) is 75.6 Å². The fraction of sp³-hybridized carbons (Fsp3) is 0.385. The summed E-state index contributed by atoms with van der Waals surface area (Å²) in [4.78, 5) is 22.9. The number of ether oxygens (including phenoxy) is 1. The van der Waals surface area contributed by atoms with Crippen LogP contribution in [0.2, 0.25) is 0 Å². The first-order chi connectivity index (χ1) is 8.86. The van der Waals surface area contributed by atoms with Crippen molar-refractivity contribution in [1.82, 2.24) is 0 Å². The van der Waals surface area contributed by atoms with Crippen molar-refractivity contribution in [1.29, 1.82) is 0 Å². The minimum atomic E-state index is -0.533. The van der Waals surface area contributed by atoms with Gasteiger partial charge in [0.05, 0.1) is 23.2 Å². The van der Waals surface area contributed by atoms with E-state index in [9.17, 15) is 14.7 Å². The number of phenolic OH excluding ortho intramolecular Hbond substituents is 1. The van der Waals surface area contributed by atoms with Crippen LogP contribution >= 0.6 is 15.9 Å². The summed E-state index contributed by atoms with van der Waals surface area (Å²) in [6.07, 6.45) is 0. The van der Waals surface area contributed by atoms with Gasteiger partial charge < -0.3 is 15.2 Å². The monoisotopic (exact) mass is 329 g/mol. The van der Waals surface area contributed by atoms with Crippen LogP contribution in [0.1, 0.15) is 24.2 Å². The summed E-state index contributed by atoms with van der Waals surface area (Å²) in [5.74, 6) is -0.822. The predicted octanol–water partition coefficient (Wildman–Crippen LogP) is 2.54. The molecule has 0 heterocycles. The molecule has 1 rings (SSSR count). The first-order valence-electron chi connectivity index (χ1n) is 5.73. The number of carbonyl (C=O) groups excluding carboxylic acids is 2. The third-order valence-electron chi connectivity index (χ3n) is 2.51. The molecule has 0 aliphatic heterocycles. The van der Waals surface area contributed by atoms with Crippen LogP contribution in [-0.2, 0) is 9.53 Å². The number of aromatic hydroxyl groups is 1. The smallest absolute Gasteiger partial charge is 0.337 e. The van der Waals surface area contributed by atoms with Crippen molar-refractivity contribution >= 4 is 33.5 Å². The minimum Gasteiger partial charge on any atom is -0.506 e. The normalized spacial score (nSPS) is 12.1. The molecule has 19 heavy (non-hydrogen) atoms. The molecule has 1 aromatic carbocycles. The average molecular weight is 330 g/mol. The molecule has 104 valence electrons. The quantitative estimate of drug-likeness (QED) is 0.505. The van der Waals surface area contributed by atoms with Crippen molar-refractivity contribution in [2.45, 2.75) is 18.7 Å². The summed E-state index contributed by atoms with van der Waals surface area (Å²) in [6, 6.07) is 4.13. The van der Waals surface area contributed by atoms with Gasteiger partial charge in [-0.1, -0.05) is 29.8 Å². The molecular formula is C13H16BrNO4. The van der Waals surface area contributed by atoms with E-state index in [1.54, 1.807) is 0 Å². The summed E-state index contributed by atoms with van der Waals surface area (Å²) in [5.41, 5.74) is 0.435. The number of amides is 1. The van der Waals surface area contributed by atoms with Crippen molar-refractivity contribution in [3.8, 4) is 5.75 Å². The van der Waals surface area contributed by atoms with E-state index in [4.69, 9.17) is 0 Å². The molecular weight excluding hydrogens is 314 g/mol. The highest BCUT2D eigenvalue weighted by Gasteiger charge is 2.20. The van der Waals surface area contributed by atoms with E-state index in [1.807, 2.05) is 13.8 Å². The van der Waals surface area contributed by atoms with E-state index in [2.05, 4.69) is 26.0 Å². The number of esters is 1. The Hall–Kier alpha value is -1.56. The third kappa shape index (κ3) is 3.96. The zero-order valence-corrected chi connectivity index (χ0v) is 12.5. The molecule has 0 bridgehead atoms. The van der Waals surface area contributed by atoms with Crippen LogP contribution in [-0.4, -0.2) is 28.9 Å². The van der Waals surface area contributed by atoms with E-state index in [0.717, 1.165) is 0 Å². The number of hydrogen-bond acceptors (Lipinski definition) is 4. The van der Waals surface area contributed by atoms with E-state index >= 15 is 0 Å². The maximum absolute atomic E-state index is 11.9. The second kappa shape index (κ2) is 6.56. The molecule has 5 nitrogen and oxygen atoms in total. The van der Waals surface area contributed by atoms with Gasteiger partial charge in [0, 0.05) is 0 Å². The third-order valence-corrected chi connectivity index (χ3v) is 3.98. The zero-order valence-electron chi connectivity index (χ0n) is 10.9. The molecule has 1 aromatic rings. The van der Waals surface area contributed by atoms with Crippen molar-refractivity contribution < 1.29 is 19.4 Å². The Morgan fingerprint density at radius 2 is 2.00 bits per heavy atom. The number of rotatable bonds is 4. The van der Waals surface area contributed by atoms with Gasteiger partial charge in [-0.15, -0.1) is 0 Å². The predicted molar refractivity (Wildman–Crippen MR) is 75.6 cm³/mol. The number of phenols is 1. The van der Waals surface area contributed by atoms with Gasteiger partial charge >= 0.3 is 5.97 Å². The lowest BCUT2D eigenvalue weighted by Gasteiger charge is -2.15. The van der Waals surface area contributed by atoms with Crippen molar-refractivity contribution in [2.75, 3.05) is 12.4 Å². The number of anilines is 1. The van der Waals surface area contributed by atoms with Crippen LogP contribution < -0.4 is 5.32 Å². The molecule has 0 saturated heterocycles. The molecule has 2 N–H and O–H groups in total. The Labute approximate surface area is 120 Å². The fourth-order valence-corrected chi connectivity index (χ4v) is 1.50. The lowest BCUT2D eigenvalue weighted by Crippen LogP contribution is -2.27. The van der Waals surface area contributed by atoms with Crippen molar-refractivity contribution in [3.63, 3.8) is 0 Å². The largest absolute Gasteiger partial charge is 0.506 e. The molecule has 6 heteroatoms. The molecule has 1 unspecified atom stereocenters. The Morgan fingerprint density at radius 1 is 1.37 bits per heavy atom. The number of benzene rings is 1. The molecule has 0 fully saturated rings. The number of alkyl halides is 1. The molecule has 0 radical (unpaired) electrons. The molecule has 0 aliphatic rings. The van der Waals surface area contributed by atoms with Crippen LogP contribution in [0.15, 0.2) is 18.2 Å². The Balaban J connectivity index is 2.94. The maximum Gasteiger partial charge on any atom is 0.337 e. The fourth-order valence-electron chi connectivity index (χ4n) is 1.39. The summed E-state index contributed by atoms with van der Waals surface area (Å²) in [7, 11) is 1.26. The van der Waals surface area contributed by atoms with Crippen LogP contribution in [0.4, 0.5) is 5.69 Å². The molecule has 0 saturated carbocycles.